The van der Waals surface area contributed by atoms with Gasteiger partial charge < -0.3 is 9.64 Å². The number of ketones is 2. The number of benzene rings is 3. The minimum absolute atomic E-state index is 0.00173. The fourth-order valence-electron chi connectivity index (χ4n) is 7.37. The first-order valence-corrected chi connectivity index (χ1v) is 16.7. The Kier molecular flexibility index (Phi) is 8.92. The van der Waals surface area contributed by atoms with Crippen LogP contribution in [-0.2, 0) is 16.0 Å². The Bertz CT molecular complexity index is 1930. The van der Waals surface area contributed by atoms with E-state index in [1.165, 1.54) is 6.07 Å². The van der Waals surface area contributed by atoms with Crippen molar-refractivity contribution < 1.29 is 24.2 Å². The monoisotopic (exact) mass is 703 g/mol. The Morgan fingerprint density at radius 3 is 1.96 bits per heavy atom. The van der Waals surface area contributed by atoms with Crippen molar-refractivity contribution in [2.24, 2.45) is 10.8 Å². The number of carbonyl (C=O) groups excluding carboxylic acids is 2. The lowest BCUT2D eigenvalue weighted by Gasteiger charge is -2.49. The third-order valence-corrected chi connectivity index (χ3v) is 9.90. The van der Waals surface area contributed by atoms with Crippen LogP contribution in [0.15, 0.2) is 83.2 Å². The van der Waals surface area contributed by atoms with Gasteiger partial charge in [-0.2, -0.15) is 0 Å². The number of rotatable bonds is 8. The molecule has 49 heavy (non-hydrogen) atoms. The average Bonchev–Trinajstić information content (AvgIpc) is 3.00. The summed E-state index contributed by atoms with van der Waals surface area (Å²) in [7, 11) is 0. The fourth-order valence-corrected chi connectivity index (χ4v) is 7.92. The highest BCUT2D eigenvalue weighted by atomic mass is 35.5. The predicted molar refractivity (Wildman–Crippen MR) is 186 cm³/mol. The van der Waals surface area contributed by atoms with Crippen LogP contribution in [0.3, 0.4) is 0 Å². The number of halogens is 2. The van der Waals surface area contributed by atoms with Gasteiger partial charge in [-0.15, -0.1) is 0 Å². The third-order valence-electron chi connectivity index (χ3n) is 9.40. The van der Waals surface area contributed by atoms with Gasteiger partial charge >= 0.3 is 5.69 Å². The largest absolute Gasteiger partial charge is 0.448 e. The van der Waals surface area contributed by atoms with Gasteiger partial charge in [-0.25, -0.2) is 0 Å². The Morgan fingerprint density at radius 2 is 1.41 bits per heavy atom. The summed E-state index contributed by atoms with van der Waals surface area (Å²) in [5.41, 5.74) is 2.16. The van der Waals surface area contributed by atoms with Crippen molar-refractivity contribution in [2.45, 2.75) is 65.7 Å². The summed E-state index contributed by atoms with van der Waals surface area (Å²) in [6.07, 6.45) is 2.32. The molecule has 1 heterocycles. The van der Waals surface area contributed by atoms with Crippen molar-refractivity contribution in [3.05, 3.63) is 125 Å². The number of non-ortho nitro benzene ring substituents is 1. The molecule has 1 aliphatic heterocycles. The zero-order chi connectivity index (χ0) is 35.4. The minimum atomic E-state index is -0.909. The van der Waals surface area contributed by atoms with Gasteiger partial charge in [-0.3, -0.25) is 29.8 Å². The first kappa shape index (κ1) is 34.3. The fraction of sp³-hybridized carbons (Fsp3) is 0.351. The number of nitrogens with zero attached hydrogens (tertiary/aromatic N) is 3. The number of Topliss-reactive ketones (excluding diaryl/α,β-unsaturated/α-hetero) is 2. The van der Waals surface area contributed by atoms with Crippen LogP contribution < -0.4 is 4.74 Å². The van der Waals surface area contributed by atoms with E-state index in [0.29, 0.717) is 42.5 Å². The predicted octanol–water partition coefficient (Wildman–Crippen LogP) is 9.53. The number of carbonyl (C=O) groups is 2. The molecule has 0 bridgehead atoms. The summed E-state index contributed by atoms with van der Waals surface area (Å²) < 4.78 is 6.18. The summed E-state index contributed by atoms with van der Waals surface area (Å²) in [4.78, 5) is 52.8. The van der Waals surface area contributed by atoms with Gasteiger partial charge in [-0.05, 0) is 53.9 Å². The van der Waals surface area contributed by atoms with E-state index in [-0.39, 0.29) is 56.8 Å². The molecule has 254 valence electrons. The van der Waals surface area contributed by atoms with Gasteiger partial charge in [0.25, 0.3) is 5.69 Å². The van der Waals surface area contributed by atoms with E-state index in [0.717, 1.165) is 35.2 Å². The molecule has 12 heteroatoms. The summed E-state index contributed by atoms with van der Waals surface area (Å²) in [6.45, 7) is 8.76. The molecule has 0 aromatic heterocycles. The highest BCUT2D eigenvalue weighted by Gasteiger charge is 2.50. The molecule has 0 unspecified atom stereocenters. The van der Waals surface area contributed by atoms with Gasteiger partial charge in [0.05, 0.1) is 20.9 Å². The summed E-state index contributed by atoms with van der Waals surface area (Å²) in [5, 5.41) is 23.7. The lowest BCUT2D eigenvalue weighted by atomic mass is 9.63. The maximum Gasteiger partial charge on any atom is 0.318 e. The molecular formula is C37H35Cl2N3O7. The van der Waals surface area contributed by atoms with Gasteiger partial charge in [0, 0.05) is 64.5 Å². The summed E-state index contributed by atoms with van der Waals surface area (Å²) in [5.74, 6) is -1.47. The van der Waals surface area contributed by atoms with Crippen LogP contribution in [0.2, 0.25) is 10.0 Å². The van der Waals surface area contributed by atoms with Crippen molar-refractivity contribution in [2.75, 3.05) is 6.54 Å². The van der Waals surface area contributed by atoms with Crippen LogP contribution in [0.25, 0.3) is 0 Å². The topological polar surface area (TPSA) is 133 Å². The average molecular weight is 705 g/mol. The molecule has 0 fully saturated rings. The SMILES string of the molecule is CC1(C)CC(=O)C2=C(C1)N(CCc1ccccc1)C1=C(C(=O)CC(C)(C)C1)C2c1cc(Cl)cc(Cl)c1Oc1ccc([N+](=O)[O-])cc1[N+](=O)[O-]. The second-order valence-electron chi connectivity index (χ2n) is 14.5. The molecule has 3 aromatic carbocycles. The van der Waals surface area contributed by atoms with Crippen molar-refractivity contribution in [1.82, 2.24) is 4.90 Å². The van der Waals surface area contributed by atoms with Gasteiger partial charge in [0.15, 0.2) is 17.3 Å². The third kappa shape index (κ3) is 6.72. The molecule has 0 spiro atoms. The number of nitro benzene ring substituents is 2. The number of allylic oxidation sites excluding steroid dienone is 4. The standard InChI is InChI=1S/C37H35Cl2N3O7/c1-36(2)17-27-33(29(43)19-36)32(34-28(18-37(3,4)20-30(34)44)40(27)13-12-21-8-6-5-7-9-21)24-14-22(38)15-25(39)35(24)49-31-11-10-23(41(45)46)16-26(31)42(47)48/h5-11,14-16,32H,12-13,17-20H2,1-4H3. The van der Waals surface area contributed by atoms with Crippen LogP contribution in [-0.4, -0.2) is 32.9 Å². The second kappa shape index (κ2) is 12.7. The van der Waals surface area contributed by atoms with Crippen LogP contribution in [0.4, 0.5) is 11.4 Å². The number of hydrogen-bond acceptors (Lipinski definition) is 8. The molecule has 0 N–H and O–H groups in total. The van der Waals surface area contributed by atoms with Crippen molar-refractivity contribution in [1.29, 1.82) is 0 Å². The molecule has 2 aliphatic carbocycles. The van der Waals surface area contributed by atoms with Crippen LogP contribution >= 0.6 is 23.2 Å². The summed E-state index contributed by atoms with van der Waals surface area (Å²) in [6, 6.07) is 16.1. The van der Waals surface area contributed by atoms with E-state index < -0.39 is 27.1 Å². The van der Waals surface area contributed by atoms with Gasteiger partial charge in [-0.1, -0.05) is 81.2 Å². The van der Waals surface area contributed by atoms with E-state index in [4.69, 9.17) is 27.9 Å². The Balaban J connectivity index is 1.59. The Morgan fingerprint density at radius 1 is 0.816 bits per heavy atom. The first-order valence-electron chi connectivity index (χ1n) is 16.0. The molecule has 3 aliphatic rings. The lowest BCUT2D eigenvalue weighted by Crippen LogP contribution is -2.45. The molecular weight excluding hydrogens is 669 g/mol. The van der Waals surface area contributed by atoms with E-state index in [2.05, 4.69) is 44.7 Å². The smallest absolute Gasteiger partial charge is 0.318 e. The van der Waals surface area contributed by atoms with E-state index >= 15 is 0 Å². The zero-order valence-corrected chi connectivity index (χ0v) is 29.1. The molecule has 0 radical (unpaired) electrons. The van der Waals surface area contributed by atoms with Crippen molar-refractivity contribution in [3.8, 4) is 11.5 Å². The molecule has 3 aromatic rings. The zero-order valence-electron chi connectivity index (χ0n) is 27.5. The van der Waals surface area contributed by atoms with Gasteiger partial charge in [0.1, 0.15) is 0 Å². The highest BCUT2D eigenvalue weighted by molar-refractivity contribution is 6.35. The number of nitro groups is 2. The van der Waals surface area contributed by atoms with Crippen molar-refractivity contribution in [3.63, 3.8) is 0 Å². The van der Waals surface area contributed by atoms with E-state index in [9.17, 15) is 29.8 Å². The first-order chi connectivity index (χ1) is 23.0. The quantitative estimate of drug-likeness (QED) is 0.167. The van der Waals surface area contributed by atoms with Gasteiger partial charge in [0.2, 0.25) is 5.75 Å². The van der Waals surface area contributed by atoms with Crippen LogP contribution in [0, 0.1) is 31.1 Å². The number of ether oxygens (including phenoxy) is 1. The molecule has 10 nitrogen and oxygen atoms in total. The molecule has 0 saturated heterocycles. The van der Waals surface area contributed by atoms with Crippen LogP contribution in [0.5, 0.6) is 11.5 Å². The maximum atomic E-state index is 14.4. The maximum absolute atomic E-state index is 14.4. The van der Waals surface area contributed by atoms with Crippen molar-refractivity contribution >= 4 is 46.1 Å². The molecule has 0 amide bonds. The van der Waals surface area contributed by atoms with E-state index in [1.54, 1.807) is 6.07 Å². The Labute approximate surface area is 293 Å². The molecule has 6 rings (SSSR count). The second-order valence-corrected chi connectivity index (χ2v) is 15.3. The van der Waals surface area contributed by atoms with E-state index in [1.807, 2.05) is 18.2 Å². The lowest BCUT2D eigenvalue weighted by molar-refractivity contribution is -0.394. The molecule has 0 atom stereocenters. The number of hydrogen-bond donors (Lipinski definition) is 0. The Hall–Kier alpha value is -4.54. The summed E-state index contributed by atoms with van der Waals surface area (Å²) >= 11 is 13.4. The molecule has 0 saturated carbocycles. The highest BCUT2D eigenvalue weighted by Crippen LogP contribution is 2.57. The minimum Gasteiger partial charge on any atom is -0.448 e. The van der Waals surface area contributed by atoms with Crippen LogP contribution in [0.1, 0.15) is 70.4 Å². The normalized spacial score (nSPS) is 18.7.